The molecule has 618 valence electrons. The second kappa shape index (κ2) is 75.1. The van der Waals surface area contributed by atoms with E-state index in [1.54, 1.807) is 0 Å². The minimum Gasteiger partial charge on any atom is -0.462 e. The van der Waals surface area contributed by atoms with Crippen LogP contribution < -0.4 is 0 Å². The van der Waals surface area contributed by atoms with Crippen molar-refractivity contribution in [1.29, 1.82) is 0 Å². The first-order valence-corrected chi connectivity index (χ1v) is 46.8. The molecule has 0 aromatic heterocycles. The summed E-state index contributed by atoms with van der Waals surface area (Å²) in [6, 6.07) is 0. The van der Waals surface area contributed by atoms with Gasteiger partial charge in [0, 0.05) is 25.7 Å². The van der Waals surface area contributed by atoms with Gasteiger partial charge in [0.25, 0.3) is 0 Å². The Kier molecular flexibility index (Phi) is 73.7. The first-order chi connectivity index (χ1) is 50.2. The smallest absolute Gasteiger partial charge is 0.462 e. The lowest BCUT2D eigenvalue weighted by atomic mass is 10.0. The summed E-state index contributed by atoms with van der Waals surface area (Å²) in [4.78, 5) is 73.2. The number of aliphatic hydroxyl groups is 1. The van der Waals surface area contributed by atoms with Gasteiger partial charge in [-0.2, -0.15) is 0 Å². The number of hydrogen-bond donors (Lipinski definition) is 3. The van der Waals surface area contributed by atoms with E-state index in [1.165, 1.54) is 257 Å². The minimum atomic E-state index is -4.97. The van der Waals surface area contributed by atoms with Gasteiger partial charge in [-0.3, -0.25) is 37.3 Å². The molecule has 0 aromatic rings. The standard InChI is InChI=1S/C85H166O17P2/c1-8-9-10-11-12-13-14-21-31-38-45-52-59-66-82(87)95-72-80(102-85(90)69-62-55-48-41-34-27-20-24-30-37-44-51-58-65-78(6)7)74-99-103(91,92)97-70-79(86)71-98-104(93,94)100-75-81(73-96-83(88)67-60-53-46-39-32-26-19-23-29-36-43-50-57-64-77(4)5)101-84(89)68-61-54-47-40-33-25-18-16-15-17-22-28-35-42-49-56-63-76(2)3/h76-81,86H,8-75H2,1-7H3,(H,91,92)(H,93,94)/t79-,80+,81+/m0/s1. The zero-order valence-electron chi connectivity index (χ0n) is 68.5. The molecule has 0 aliphatic heterocycles. The highest BCUT2D eigenvalue weighted by Crippen LogP contribution is 2.45. The number of ether oxygens (including phenoxy) is 4. The van der Waals surface area contributed by atoms with Crippen LogP contribution in [0.15, 0.2) is 0 Å². The molecule has 0 spiro atoms. The fraction of sp³-hybridized carbons (Fsp3) is 0.953. The fourth-order valence-corrected chi connectivity index (χ4v) is 14.8. The largest absolute Gasteiger partial charge is 0.472 e. The topological polar surface area (TPSA) is 237 Å². The SMILES string of the molecule is CCCCCCCCCCCCCCCC(=O)OC[C@H](COP(=O)(O)OC[C@H](O)COP(=O)(O)OC[C@@H](COC(=O)CCCCCCCCCCCCCCCC(C)C)OC(=O)CCCCCCCCCCCCCCCCCCC(C)C)OC(=O)CCCCCCCCCCCCCCCC(C)C. The van der Waals surface area contributed by atoms with Crippen molar-refractivity contribution in [2.24, 2.45) is 17.8 Å². The lowest BCUT2D eigenvalue weighted by Crippen LogP contribution is -2.30. The molecule has 19 heteroatoms. The average molecular weight is 1520 g/mol. The summed E-state index contributed by atoms with van der Waals surface area (Å²) >= 11 is 0. The third-order valence-corrected chi connectivity index (χ3v) is 21.8. The van der Waals surface area contributed by atoms with Crippen LogP contribution in [0.1, 0.15) is 447 Å². The summed E-state index contributed by atoms with van der Waals surface area (Å²) in [6.45, 7) is 12.0. The van der Waals surface area contributed by atoms with E-state index in [9.17, 15) is 43.2 Å². The van der Waals surface area contributed by atoms with Crippen molar-refractivity contribution in [3.05, 3.63) is 0 Å². The van der Waals surface area contributed by atoms with Crippen molar-refractivity contribution < 1.29 is 80.2 Å². The van der Waals surface area contributed by atoms with Crippen LogP contribution in [0.5, 0.6) is 0 Å². The molecule has 0 saturated heterocycles. The summed E-state index contributed by atoms with van der Waals surface area (Å²) in [5.74, 6) is 0.284. The van der Waals surface area contributed by atoms with E-state index < -0.39 is 97.5 Å². The Hall–Kier alpha value is -1.94. The van der Waals surface area contributed by atoms with E-state index in [0.29, 0.717) is 25.7 Å². The minimum absolute atomic E-state index is 0.108. The van der Waals surface area contributed by atoms with Crippen molar-refractivity contribution in [1.82, 2.24) is 0 Å². The van der Waals surface area contributed by atoms with E-state index in [2.05, 4.69) is 48.5 Å². The van der Waals surface area contributed by atoms with Crippen LogP contribution in [0.3, 0.4) is 0 Å². The molecule has 0 aromatic carbocycles. The van der Waals surface area contributed by atoms with Gasteiger partial charge in [-0.05, 0) is 43.4 Å². The van der Waals surface area contributed by atoms with Crippen molar-refractivity contribution in [2.75, 3.05) is 39.6 Å². The normalized spacial score (nSPS) is 13.9. The highest BCUT2D eigenvalue weighted by atomic mass is 31.2. The number of phosphoric acid groups is 2. The van der Waals surface area contributed by atoms with Crippen LogP contribution in [0, 0.1) is 17.8 Å². The summed E-state index contributed by atoms with van der Waals surface area (Å²) in [7, 11) is -9.93. The summed E-state index contributed by atoms with van der Waals surface area (Å²) in [5.41, 5.74) is 0. The molecule has 0 heterocycles. The van der Waals surface area contributed by atoms with E-state index in [-0.39, 0.29) is 25.7 Å². The van der Waals surface area contributed by atoms with Gasteiger partial charge in [-0.15, -0.1) is 0 Å². The Morgan fingerprint density at radius 3 is 0.654 bits per heavy atom. The Bertz CT molecular complexity index is 2010. The molecule has 2 unspecified atom stereocenters. The zero-order valence-corrected chi connectivity index (χ0v) is 70.3. The van der Waals surface area contributed by atoms with Gasteiger partial charge in [0.05, 0.1) is 26.4 Å². The van der Waals surface area contributed by atoms with Crippen LogP contribution >= 0.6 is 15.6 Å². The Labute approximate surface area is 638 Å². The number of carbonyl (C=O) groups is 4. The van der Waals surface area contributed by atoms with E-state index in [1.807, 2.05) is 0 Å². The number of carbonyl (C=O) groups excluding carboxylic acids is 4. The summed E-state index contributed by atoms with van der Waals surface area (Å²) in [5, 5.41) is 10.7. The second-order valence-electron chi connectivity index (χ2n) is 32.0. The van der Waals surface area contributed by atoms with Crippen LogP contribution in [0.25, 0.3) is 0 Å². The number of rotatable bonds is 83. The van der Waals surface area contributed by atoms with Gasteiger partial charge >= 0.3 is 39.5 Å². The third kappa shape index (κ3) is 78.2. The highest BCUT2D eigenvalue weighted by molar-refractivity contribution is 7.47. The van der Waals surface area contributed by atoms with E-state index >= 15 is 0 Å². The number of hydrogen-bond acceptors (Lipinski definition) is 15. The molecule has 104 heavy (non-hydrogen) atoms. The predicted octanol–water partition coefficient (Wildman–Crippen LogP) is 25.7. The number of phosphoric ester groups is 2. The lowest BCUT2D eigenvalue weighted by Gasteiger charge is -2.21. The molecular formula is C85H166O17P2. The molecule has 5 atom stereocenters. The van der Waals surface area contributed by atoms with Crippen molar-refractivity contribution in [2.45, 2.75) is 465 Å². The number of unbranched alkanes of at least 4 members (excludes halogenated alkanes) is 51. The molecule has 0 saturated carbocycles. The van der Waals surface area contributed by atoms with Gasteiger partial charge in [0.1, 0.15) is 19.3 Å². The van der Waals surface area contributed by atoms with Gasteiger partial charge < -0.3 is 33.8 Å². The third-order valence-electron chi connectivity index (χ3n) is 19.9. The van der Waals surface area contributed by atoms with Crippen LogP contribution in [0.2, 0.25) is 0 Å². The molecule has 0 fully saturated rings. The Morgan fingerprint density at radius 1 is 0.260 bits per heavy atom. The highest BCUT2D eigenvalue weighted by Gasteiger charge is 2.30. The molecule has 0 amide bonds. The van der Waals surface area contributed by atoms with Crippen LogP contribution in [-0.2, 0) is 65.4 Å². The fourth-order valence-electron chi connectivity index (χ4n) is 13.2. The monoisotopic (exact) mass is 1520 g/mol. The summed E-state index contributed by atoms with van der Waals surface area (Å²) in [6.07, 6.45) is 65.1. The second-order valence-corrected chi connectivity index (χ2v) is 34.9. The molecule has 0 rings (SSSR count). The molecule has 0 radical (unpaired) electrons. The molecular weight excluding hydrogens is 1350 g/mol. The van der Waals surface area contributed by atoms with Gasteiger partial charge in [0.2, 0.25) is 0 Å². The van der Waals surface area contributed by atoms with Crippen molar-refractivity contribution in [3.8, 4) is 0 Å². The quantitative estimate of drug-likeness (QED) is 0.0222. The molecule has 3 N–H and O–H groups in total. The van der Waals surface area contributed by atoms with Gasteiger partial charge in [-0.1, -0.05) is 395 Å². The van der Waals surface area contributed by atoms with Gasteiger partial charge in [-0.25, -0.2) is 9.13 Å². The Balaban J connectivity index is 5.27. The molecule has 0 aliphatic carbocycles. The van der Waals surface area contributed by atoms with Crippen molar-refractivity contribution >= 4 is 39.5 Å². The molecule has 17 nitrogen and oxygen atoms in total. The first kappa shape index (κ1) is 102. The van der Waals surface area contributed by atoms with Crippen LogP contribution in [-0.4, -0.2) is 96.7 Å². The first-order valence-electron chi connectivity index (χ1n) is 43.8. The molecule has 0 bridgehead atoms. The van der Waals surface area contributed by atoms with Gasteiger partial charge in [0.15, 0.2) is 12.2 Å². The average Bonchev–Trinajstić information content (AvgIpc) is 1.02. The van der Waals surface area contributed by atoms with E-state index in [0.717, 1.165) is 108 Å². The maximum absolute atomic E-state index is 13.1. The van der Waals surface area contributed by atoms with Crippen molar-refractivity contribution in [3.63, 3.8) is 0 Å². The number of aliphatic hydroxyl groups excluding tert-OH is 1. The maximum atomic E-state index is 13.1. The van der Waals surface area contributed by atoms with E-state index in [4.69, 9.17) is 37.0 Å². The van der Waals surface area contributed by atoms with Crippen LogP contribution in [0.4, 0.5) is 0 Å². The zero-order chi connectivity index (χ0) is 76.5. The maximum Gasteiger partial charge on any atom is 0.472 e. The predicted molar refractivity (Wildman–Crippen MR) is 428 cm³/mol. The Morgan fingerprint density at radius 2 is 0.442 bits per heavy atom. The lowest BCUT2D eigenvalue weighted by molar-refractivity contribution is -0.161. The summed E-state index contributed by atoms with van der Waals surface area (Å²) < 4.78 is 68.9. The number of esters is 4. The molecule has 0 aliphatic rings.